The molecule has 2 aliphatic rings. The number of rotatable bonds is 2. The zero-order valence-corrected chi connectivity index (χ0v) is 10.2. The summed E-state index contributed by atoms with van der Waals surface area (Å²) in [7, 11) is 0. The fourth-order valence-corrected chi connectivity index (χ4v) is 3.28. The Morgan fingerprint density at radius 2 is 2.28 bits per heavy atom. The molecule has 4 heteroatoms. The van der Waals surface area contributed by atoms with Crippen LogP contribution in [0.1, 0.15) is 19.3 Å². The number of carbonyl (C=O) groups is 1. The van der Waals surface area contributed by atoms with Gasteiger partial charge in [0, 0.05) is 11.8 Å². The standard InChI is InChI=1S/C14H18N2O2/c17-11-5-2-4-10(7-11)16-14(18)13-12-6-1-3-9(12)8-15-13/h2,4-5,7,9,12-13,15,17H,1,3,6,8H2,(H,16,18). The third kappa shape index (κ3) is 2.08. The molecule has 1 aliphatic carbocycles. The van der Waals surface area contributed by atoms with Crippen molar-refractivity contribution >= 4 is 11.6 Å². The van der Waals surface area contributed by atoms with Gasteiger partial charge in [0.1, 0.15) is 5.75 Å². The van der Waals surface area contributed by atoms with Gasteiger partial charge in [0.05, 0.1) is 6.04 Å². The molecule has 0 bridgehead atoms. The van der Waals surface area contributed by atoms with E-state index in [4.69, 9.17) is 0 Å². The summed E-state index contributed by atoms with van der Waals surface area (Å²) in [5, 5.41) is 15.6. The minimum atomic E-state index is -0.0696. The number of aromatic hydroxyl groups is 1. The molecule has 1 aromatic carbocycles. The van der Waals surface area contributed by atoms with E-state index >= 15 is 0 Å². The van der Waals surface area contributed by atoms with Gasteiger partial charge in [0.2, 0.25) is 5.91 Å². The maximum Gasteiger partial charge on any atom is 0.241 e. The molecule has 0 radical (unpaired) electrons. The van der Waals surface area contributed by atoms with Crippen LogP contribution in [0.15, 0.2) is 24.3 Å². The average molecular weight is 246 g/mol. The molecule has 1 amide bonds. The number of hydrogen-bond donors (Lipinski definition) is 3. The van der Waals surface area contributed by atoms with E-state index in [9.17, 15) is 9.90 Å². The maximum atomic E-state index is 12.2. The molecule has 18 heavy (non-hydrogen) atoms. The van der Waals surface area contributed by atoms with Crippen LogP contribution in [0.25, 0.3) is 0 Å². The van der Waals surface area contributed by atoms with Gasteiger partial charge in [0.25, 0.3) is 0 Å². The van der Waals surface area contributed by atoms with Crippen molar-refractivity contribution in [2.75, 3.05) is 11.9 Å². The summed E-state index contributed by atoms with van der Waals surface area (Å²) in [6.45, 7) is 0.961. The minimum Gasteiger partial charge on any atom is -0.508 e. The molecule has 1 saturated heterocycles. The van der Waals surface area contributed by atoms with Crippen LogP contribution in [0.4, 0.5) is 5.69 Å². The monoisotopic (exact) mass is 246 g/mol. The molecular formula is C14H18N2O2. The normalized spacial score (nSPS) is 30.1. The van der Waals surface area contributed by atoms with E-state index in [1.54, 1.807) is 24.3 Å². The van der Waals surface area contributed by atoms with Crippen molar-refractivity contribution in [3.05, 3.63) is 24.3 Å². The lowest BCUT2D eigenvalue weighted by molar-refractivity contribution is -0.118. The summed E-state index contributed by atoms with van der Waals surface area (Å²) >= 11 is 0. The van der Waals surface area contributed by atoms with Crippen LogP contribution in [0.5, 0.6) is 5.75 Å². The number of amides is 1. The van der Waals surface area contributed by atoms with Gasteiger partial charge in [-0.15, -0.1) is 0 Å². The lowest BCUT2D eigenvalue weighted by Gasteiger charge is -2.17. The molecule has 3 N–H and O–H groups in total. The highest BCUT2D eigenvalue weighted by Crippen LogP contribution is 2.38. The van der Waals surface area contributed by atoms with Crippen molar-refractivity contribution in [3.8, 4) is 5.75 Å². The molecule has 0 spiro atoms. The first-order valence-electron chi connectivity index (χ1n) is 6.57. The molecule has 1 aromatic rings. The summed E-state index contributed by atoms with van der Waals surface area (Å²) in [5.74, 6) is 1.35. The molecule has 0 aromatic heterocycles. The summed E-state index contributed by atoms with van der Waals surface area (Å²) < 4.78 is 0. The van der Waals surface area contributed by atoms with Crippen LogP contribution >= 0.6 is 0 Å². The SMILES string of the molecule is O=C(Nc1cccc(O)c1)C1NCC2CCCC21. The van der Waals surface area contributed by atoms with E-state index in [1.807, 2.05) is 0 Å². The van der Waals surface area contributed by atoms with Gasteiger partial charge in [-0.1, -0.05) is 12.5 Å². The Bertz CT molecular complexity index is 461. The topological polar surface area (TPSA) is 61.4 Å². The van der Waals surface area contributed by atoms with Crippen LogP contribution in [0.3, 0.4) is 0 Å². The van der Waals surface area contributed by atoms with E-state index in [0.717, 1.165) is 13.0 Å². The predicted molar refractivity (Wildman–Crippen MR) is 69.4 cm³/mol. The lowest BCUT2D eigenvalue weighted by atomic mass is 9.93. The molecule has 1 heterocycles. The third-order valence-electron chi connectivity index (χ3n) is 4.14. The smallest absolute Gasteiger partial charge is 0.241 e. The summed E-state index contributed by atoms with van der Waals surface area (Å²) in [6.07, 6.45) is 3.64. The fraction of sp³-hybridized carbons (Fsp3) is 0.500. The second-order valence-electron chi connectivity index (χ2n) is 5.28. The van der Waals surface area contributed by atoms with Gasteiger partial charge < -0.3 is 15.7 Å². The first-order chi connectivity index (χ1) is 8.74. The molecule has 1 saturated carbocycles. The number of hydrogen-bond acceptors (Lipinski definition) is 3. The molecule has 2 fully saturated rings. The Balaban J connectivity index is 1.68. The van der Waals surface area contributed by atoms with Gasteiger partial charge in [0.15, 0.2) is 0 Å². The average Bonchev–Trinajstić information content (AvgIpc) is 2.89. The molecule has 3 atom stereocenters. The molecule has 1 aliphatic heterocycles. The highest BCUT2D eigenvalue weighted by atomic mass is 16.3. The van der Waals surface area contributed by atoms with Crippen LogP contribution in [-0.2, 0) is 4.79 Å². The third-order valence-corrected chi connectivity index (χ3v) is 4.14. The number of phenols is 1. The molecule has 3 rings (SSSR count). The van der Waals surface area contributed by atoms with Crippen LogP contribution in [0.2, 0.25) is 0 Å². The van der Waals surface area contributed by atoms with Crippen LogP contribution in [0, 0.1) is 11.8 Å². The zero-order chi connectivity index (χ0) is 12.5. The van der Waals surface area contributed by atoms with E-state index in [-0.39, 0.29) is 17.7 Å². The lowest BCUT2D eigenvalue weighted by Crippen LogP contribution is -2.39. The summed E-state index contributed by atoms with van der Waals surface area (Å²) in [5.41, 5.74) is 0.656. The Morgan fingerprint density at radius 1 is 1.39 bits per heavy atom. The van der Waals surface area contributed by atoms with Crippen molar-refractivity contribution in [3.63, 3.8) is 0 Å². The highest BCUT2D eigenvalue weighted by molar-refractivity contribution is 5.95. The molecule has 3 unspecified atom stereocenters. The van der Waals surface area contributed by atoms with E-state index in [0.29, 0.717) is 17.5 Å². The van der Waals surface area contributed by atoms with Gasteiger partial charge >= 0.3 is 0 Å². The fourth-order valence-electron chi connectivity index (χ4n) is 3.28. The Morgan fingerprint density at radius 3 is 3.11 bits per heavy atom. The van der Waals surface area contributed by atoms with Crippen molar-refractivity contribution in [2.45, 2.75) is 25.3 Å². The molecule has 96 valence electrons. The maximum absolute atomic E-state index is 12.2. The van der Waals surface area contributed by atoms with Gasteiger partial charge in [-0.3, -0.25) is 4.79 Å². The molecule has 4 nitrogen and oxygen atoms in total. The second kappa shape index (κ2) is 4.61. The molecular weight excluding hydrogens is 228 g/mol. The number of carbonyl (C=O) groups excluding carboxylic acids is 1. The van der Waals surface area contributed by atoms with Crippen molar-refractivity contribution < 1.29 is 9.90 Å². The van der Waals surface area contributed by atoms with Gasteiger partial charge in [-0.05, 0) is 43.4 Å². The number of phenolic OH excluding ortho intramolecular Hbond substituents is 1. The number of nitrogens with one attached hydrogen (secondary N) is 2. The second-order valence-corrected chi connectivity index (χ2v) is 5.28. The minimum absolute atomic E-state index is 0.0231. The Hall–Kier alpha value is -1.55. The highest BCUT2D eigenvalue weighted by Gasteiger charge is 2.42. The Kier molecular flexibility index (Phi) is 2.96. The zero-order valence-electron chi connectivity index (χ0n) is 10.2. The predicted octanol–water partition coefficient (Wildman–Crippen LogP) is 1.72. The summed E-state index contributed by atoms with van der Waals surface area (Å²) in [4.78, 5) is 12.2. The van der Waals surface area contributed by atoms with E-state index in [2.05, 4.69) is 10.6 Å². The number of fused-ring (bicyclic) bond motifs is 1. The first-order valence-corrected chi connectivity index (χ1v) is 6.57. The Labute approximate surface area is 106 Å². The summed E-state index contributed by atoms with van der Waals surface area (Å²) in [6, 6.07) is 6.61. The van der Waals surface area contributed by atoms with Gasteiger partial charge in [-0.25, -0.2) is 0 Å². The first kappa shape index (κ1) is 11.5. The van der Waals surface area contributed by atoms with Crippen molar-refractivity contribution in [2.24, 2.45) is 11.8 Å². The van der Waals surface area contributed by atoms with E-state index in [1.165, 1.54) is 12.8 Å². The van der Waals surface area contributed by atoms with Crippen LogP contribution in [-0.4, -0.2) is 23.6 Å². The largest absolute Gasteiger partial charge is 0.508 e. The van der Waals surface area contributed by atoms with E-state index < -0.39 is 0 Å². The van der Waals surface area contributed by atoms with Crippen molar-refractivity contribution in [1.29, 1.82) is 0 Å². The number of anilines is 1. The number of benzene rings is 1. The van der Waals surface area contributed by atoms with Crippen molar-refractivity contribution in [1.82, 2.24) is 5.32 Å². The quantitative estimate of drug-likeness (QED) is 0.744. The van der Waals surface area contributed by atoms with Crippen LogP contribution < -0.4 is 10.6 Å². The van der Waals surface area contributed by atoms with Gasteiger partial charge in [-0.2, -0.15) is 0 Å².